The highest BCUT2D eigenvalue weighted by molar-refractivity contribution is 5.86. The van der Waals surface area contributed by atoms with Crippen molar-refractivity contribution in [1.82, 2.24) is 0 Å². The van der Waals surface area contributed by atoms with Gasteiger partial charge in [0.15, 0.2) is 0 Å². The third-order valence-electron chi connectivity index (χ3n) is 0. The number of alkyl halides is 3. The molecule has 0 saturated carbocycles. The molecule has 9 heavy (non-hydrogen) atoms. The van der Waals surface area contributed by atoms with Crippen molar-refractivity contribution < 1.29 is 13.2 Å². The molecular formula is CH9Cl4F3Si. The molecule has 0 unspecified atom stereocenters. The van der Waals surface area contributed by atoms with Crippen molar-refractivity contribution in [2.45, 2.75) is 6.68 Å². The highest BCUT2D eigenvalue weighted by Crippen LogP contribution is 1.87. The van der Waals surface area contributed by atoms with Gasteiger partial charge < -0.3 is 0 Å². The summed E-state index contributed by atoms with van der Waals surface area (Å²) >= 11 is 0. The molecule has 0 fully saturated rings. The first-order valence-electron chi connectivity index (χ1n) is 0.655. The normalized spacial score (nSPS) is 4.00. The summed E-state index contributed by atoms with van der Waals surface area (Å²) in [5, 5.41) is 0. The Bertz CT molecular complexity index is 20.5. The van der Waals surface area contributed by atoms with E-state index in [4.69, 9.17) is 0 Å². The first-order chi connectivity index (χ1) is 1.73. The average Bonchev–Trinajstić information content (AvgIpc) is 0.811. The summed E-state index contributed by atoms with van der Waals surface area (Å²) in [6.07, 6.45) is 0. The Kier molecular flexibility index (Phi) is 193. The van der Waals surface area contributed by atoms with Crippen LogP contribution in [0.15, 0.2) is 0 Å². The van der Waals surface area contributed by atoms with Crippen molar-refractivity contribution in [3.05, 3.63) is 0 Å². The zero-order valence-electron chi connectivity index (χ0n) is 3.34. The quantitative estimate of drug-likeness (QED) is 0.568. The monoisotopic (exact) mass is 246 g/mol. The Balaban J connectivity index is -0.00000000450. The molecule has 0 spiro atoms. The van der Waals surface area contributed by atoms with E-state index < -0.39 is 6.68 Å². The van der Waals surface area contributed by atoms with Crippen molar-refractivity contribution >= 4 is 60.6 Å². The third-order valence-corrected chi connectivity index (χ3v) is 0. The average molecular weight is 248 g/mol. The maximum absolute atomic E-state index is 9.67. The minimum atomic E-state index is -3.67. The van der Waals surface area contributed by atoms with Crippen LogP contribution in [0.1, 0.15) is 0 Å². The summed E-state index contributed by atoms with van der Waals surface area (Å²) < 4.78 is 29.0. The van der Waals surface area contributed by atoms with Gasteiger partial charge in [-0.15, -0.1) is 49.6 Å². The molecule has 0 aliphatic carbocycles. The van der Waals surface area contributed by atoms with Crippen molar-refractivity contribution in [1.29, 1.82) is 0 Å². The fourth-order valence-corrected chi connectivity index (χ4v) is 0. The van der Waals surface area contributed by atoms with Crippen LogP contribution in [0, 0.1) is 0 Å². The first kappa shape index (κ1) is 49.2. The molecule has 0 aromatic rings. The molecule has 0 saturated heterocycles. The van der Waals surface area contributed by atoms with Crippen LogP contribution < -0.4 is 0 Å². The highest BCUT2D eigenvalue weighted by atomic mass is 35.5. The maximum Gasteiger partial charge on any atom is 0.379 e. The summed E-state index contributed by atoms with van der Waals surface area (Å²) in [5.41, 5.74) is 0. The largest absolute Gasteiger partial charge is 0.379 e. The lowest BCUT2D eigenvalue weighted by molar-refractivity contribution is 0.00819. The smallest absolute Gasteiger partial charge is 0.174 e. The summed E-state index contributed by atoms with van der Waals surface area (Å²) in [5.74, 6) is 0. The van der Waals surface area contributed by atoms with Crippen molar-refractivity contribution in [2.24, 2.45) is 0 Å². The minimum Gasteiger partial charge on any atom is -0.174 e. The van der Waals surface area contributed by atoms with Gasteiger partial charge in [-0.25, -0.2) is 0 Å². The maximum atomic E-state index is 9.67. The zero-order chi connectivity index (χ0) is 3.58. The fraction of sp³-hybridized carbons (Fsp3) is 1.00. The topological polar surface area (TPSA) is 0 Å². The minimum absolute atomic E-state index is 0. The lowest BCUT2D eigenvalue weighted by Gasteiger charge is -1.65. The second kappa shape index (κ2) is 35.2. The number of rotatable bonds is 0. The van der Waals surface area contributed by atoms with E-state index in [1.807, 2.05) is 0 Å². The van der Waals surface area contributed by atoms with Crippen LogP contribution in [0.2, 0.25) is 0 Å². The van der Waals surface area contributed by atoms with E-state index in [9.17, 15) is 13.2 Å². The molecule has 0 amide bonds. The van der Waals surface area contributed by atoms with Crippen LogP contribution in [-0.4, -0.2) is 17.6 Å². The van der Waals surface area contributed by atoms with Crippen LogP contribution in [0.25, 0.3) is 0 Å². The molecule has 0 aliphatic rings. The summed E-state index contributed by atoms with van der Waals surface area (Å²) in [6.45, 7) is -3.67. The van der Waals surface area contributed by atoms with E-state index in [0.29, 0.717) is 0 Å². The number of hydrogen-bond acceptors (Lipinski definition) is 0. The Morgan fingerprint density at radius 1 is 0.667 bits per heavy atom. The van der Waals surface area contributed by atoms with Crippen molar-refractivity contribution in [2.75, 3.05) is 0 Å². The van der Waals surface area contributed by atoms with E-state index in [1.165, 1.54) is 0 Å². The Hall–Kier alpha value is 1.17. The van der Waals surface area contributed by atoms with Gasteiger partial charge in [0, 0.05) is 0 Å². The molecule has 0 radical (unpaired) electrons. The predicted octanol–water partition coefficient (Wildman–Crippen LogP) is 1.41. The van der Waals surface area contributed by atoms with E-state index in [2.05, 4.69) is 0 Å². The Labute approximate surface area is 80.6 Å². The Morgan fingerprint density at radius 2 is 0.667 bits per heavy atom. The number of hydrogen-bond donors (Lipinski definition) is 0. The molecule has 8 heteroatoms. The van der Waals surface area contributed by atoms with Gasteiger partial charge in [-0.05, 0) is 11.0 Å². The van der Waals surface area contributed by atoms with Crippen molar-refractivity contribution in [3.8, 4) is 0 Å². The molecule has 0 aromatic carbocycles. The van der Waals surface area contributed by atoms with Gasteiger partial charge in [0.1, 0.15) is 0 Å². The van der Waals surface area contributed by atoms with E-state index in [0.717, 1.165) is 0 Å². The molecule has 0 rings (SSSR count). The van der Waals surface area contributed by atoms with Gasteiger partial charge in [0.05, 0.1) is 0 Å². The van der Waals surface area contributed by atoms with Gasteiger partial charge in [-0.3, -0.25) is 0 Å². The van der Waals surface area contributed by atoms with Gasteiger partial charge in [-0.1, -0.05) is 0 Å². The lowest BCUT2D eigenvalue weighted by atomic mass is 11.6. The standard InChI is InChI=1S/CHF3.4ClH.H4Si/c2-1(3)4;;;;;/h1H;4*1H;1H4. The molecule has 0 atom stereocenters. The molecule has 0 aromatic heterocycles. The van der Waals surface area contributed by atoms with E-state index in [-0.39, 0.29) is 60.6 Å². The second-order valence-electron chi connectivity index (χ2n) is 0.247. The summed E-state index contributed by atoms with van der Waals surface area (Å²) in [6, 6.07) is 0. The highest BCUT2D eigenvalue weighted by Gasteiger charge is 1.86. The summed E-state index contributed by atoms with van der Waals surface area (Å²) in [4.78, 5) is 0. The molecule has 0 nitrogen and oxygen atoms in total. The van der Waals surface area contributed by atoms with Crippen LogP contribution in [0.5, 0.6) is 0 Å². The second-order valence-corrected chi connectivity index (χ2v) is 0.247. The fourth-order valence-electron chi connectivity index (χ4n) is 0. The summed E-state index contributed by atoms with van der Waals surface area (Å²) in [7, 11) is 0. The number of halogens is 7. The molecule has 0 aliphatic heterocycles. The molecular weight excluding hydrogens is 239 g/mol. The van der Waals surface area contributed by atoms with E-state index >= 15 is 0 Å². The van der Waals surface area contributed by atoms with Crippen LogP contribution in [-0.2, 0) is 0 Å². The third kappa shape index (κ3) is 346. The predicted molar refractivity (Wildman–Crippen MR) is 47.4 cm³/mol. The van der Waals surface area contributed by atoms with Crippen LogP contribution in [0.4, 0.5) is 13.2 Å². The lowest BCUT2D eigenvalue weighted by Crippen LogP contribution is -1.65. The molecule has 0 heterocycles. The SMILES string of the molecule is Cl.Cl.Cl.Cl.FC(F)F.[SiH4]. The molecule has 0 bridgehead atoms. The Morgan fingerprint density at radius 3 is 0.667 bits per heavy atom. The van der Waals surface area contributed by atoms with Gasteiger partial charge in [-0.2, -0.15) is 13.2 Å². The van der Waals surface area contributed by atoms with Gasteiger partial charge in [0.2, 0.25) is 0 Å². The van der Waals surface area contributed by atoms with Gasteiger partial charge >= 0.3 is 6.68 Å². The van der Waals surface area contributed by atoms with Gasteiger partial charge in [0.25, 0.3) is 0 Å². The van der Waals surface area contributed by atoms with E-state index in [1.54, 1.807) is 0 Å². The molecule has 66 valence electrons. The zero-order valence-corrected chi connectivity index (χ0v) is 6.61. The van der Waals surface area contributed by atoms with Crippen LogP contribution >= 0.6 is 49.6 Å². The molecule has 0 N–H and O–H groups in total. The van der Waals surface area contributed by atoms with Crippen LogP contribution in [0.3, 0.4) is 0 Å². The first-order valence-corrected chi connectivity index (χ1v) is 0.655. The van der Waals surface area contributed by atoms with Crippen molar-refractivity contribution in [3.63, 3.8) is 0 Å².